The van der Waals surface area contributed by atoms with Crippen LogP contribution in [0.4, 0.5) is 0 Å². The van der Waals surface area contributed by atoms with E-state index in [0.717, 1.165) is 28.9 Å². The molecule has 0 aliphatic carbocycles. The van der Waals surface area contributed by atoms with Crippen molar-refractivity contribution in [3.63, 3.8) is 0 Å². The van der Waals surface area contributed by atoms with E-state index in [2.05, 4.69) is 6.92 Å². The summed E-state index contributed by atoms with van der Waals surface area (Å²) >= 11 is 1.66. The van der Waals surface area contributed by atoms with Crippen LogP contribution in [0, 0.1) is 0 Å². The van der Waals surface area contributed by atoms with Crippen molar-refractivity contribution in [1.82, 2.24) is 0 Å². The number of amides is 1. The van der Waals surface area contributed by atoms with Gasteiger partial charge in [0.1, 0.15) is 0 Å². The van der Waals surface area contributed by atoms with Crippen LogP contribution in [0.3, 0.4) is 0 Å². The maximum atomic E-state index is 11.4. The van der Waals surface area contributed by atoms with Gasteiger partial charge in [-0.05, 0) is 35.9 Å². The first-order chi connectivity index (χ1) is 11.2. The van der Waals surface area contributed by atoms with Gasteiger partial charge in [-0.1, -0.05) is 56.2 Å². The van der Waals surface area contributed by atoms with Gasteiger partial charge < -0.3 is 10.8 Å². The topological polar surface area (TPSA) is 63.3 Å². The first kappa shape index (κ1) is 22.9. The molecule has 0 atom stereocenters. The van der Waals surface area contributed by atoms with Crippen LogP contribution >= 0.6 is 11.8 Å². The standard InChI is InChI=1S/C14H13NOS.C5H12O.Pd/c1-17-13-9-5-4-7-11(13)10-6-2-3-8-12(10)14(15)16;1-2-3-4-5-6;/h2-9H,1H3,(H2,15,16);6H,2-5H2,1H3;. The molecule has 0 bridgehead atoms. The van der Waals surface area contributed by atoms with E-state index in [1.54, 1.807) is 17.8 Å². The molecular formula is C19H25NO2PdS. The second-order valence-corrected chi connectivity index (χ2v) is 5.89. The fourth-order valence-corrected chi connectivity index (χ4v) is 2.77. The van der Waals surface area contributed by atoms with Crippen molar-refractivity contribution >= 4 is 17.7 Å². The van der Waals surface area contributed by atoms with Crippen molar-refractivity contribution in [3.8, 4) is 11.1 Å². The number of carbonyl (C=O) groups excluding carboxylic acids is 1. The number of nitrogens with two attached hydrogens (primary N) is 1. The zero-order valence-corrected chi connectivity index (χ0v) is 16.5. The summed E-state index contributed by atoms with van der Waals surface area (Å²) in [6.45, 7) is 2.48. The van der Waals surface area contributed by atoms with Crippen LogP contribution in [-0.2, 0) is 20.4 Å². The van der Waals surface area contributed by atoms with E-state index in [4.69, 9.17) is 10.8 Å². The minimum atomic E-state index is -0.392. The van der Waals surface area contributed by atoms with Gasteiger partial charge in [-0.2, -0.15) is 0 Å². The molecule has 0 radical (unpaired) electrons. The average Bonchev–Trinajstić information content (AvgIpc) is 2.60. The Kier molecular flexibility index (Phi) is 12.6. The zero-order chi connectivity index (χ0) is 17.1. The van der Waals surface area contributed by atoms with Gasteiger partial charge in [-0.25, -0.2) is 0 Å². The Bertz CT molecular complexity index is 616. The summed E-state index contributed by atoms with van der Waals surface area (Å²) in [5.41, 5.74) is 7.91. The molecule has 0 unspecified atom stereocenters. The van der Waals surface area contributed by atoms with E-state index in [-0.39, 0.29) is 20.4 Å². The van der Waals surface area contributed by atoms with E-state index >= 15 is 0 Å². The molecule has 2 aromatic rings. The van der Waals surface area contributed by atoms with Crippen molar-refractivity contribution < 1.29 is 30.3 Å². The van der Waals surface area contributed by atoms with Crippen molar-refractivity contribution in [2.24, 2.45) is 5.73 Å². The van der Waals surface area contributed by atoms with Gasteiger partial charge in [0, 0.05) is 37.5 Å². The third-order valence-corrected chi connectivity index (χ3v) is 4.15. The van der Waals surface area contributed by atoms with E-state index in [9.17, 15) is 4.79 Å². The minimum Gasteiger partial charge on any atom is -0.396 e. The molecule has 3 nitrogen and oxygen atoms in total. The first-order valence-electron chi connectivity index (χ1n) is 7.78. The van der Waals surface area contributed by atoms with Gasteiger partial charge in [0.2, 0.25) is 5.91 Å². The number of carbonyl (C=O) groups is 1. The largest absolute Gasteiger partial charge is 0.396 e. The monoisotopic (exact) mass is 437 g/mol. The van der Waals surface area contributed by atoms with Gasteiger partial charge in [0.15, 0.2) is 0 Å². The number of primary amides is 1. The van der Waals surface area contributed by atoms with Crippen LogP contribution in [0.1, 0.15) is 36.5 Å². The van der Waals surface area contributed by atoms with Crippen LogP contribution < -0.4 is 5.73 Å². The van der Waals surface area contributed by atoms with Crippen LogP contribution in [0.25, 0.3) is 11.1 Å². The van der Waals surface area contributed by atoms with E-state index < -0.39 is 5.91 Å². The molecule has 0 heterocycles. The Balaban J connectivity index is 0.000000655. The fourth-order valence-electron chi connectivity index (χ4n) is 2.16. The van der Waals surface area contributed by atoms with Crippen LogP contribution in [0.2, 0.25) is 0 Å². The zero-order valence-electron chi connectivity index (χ0n) is 14.1. The Labute approximate surface area is 162 Å². The quantitative estimate of drug-likeness (QED) is 0.401. The summed E-state index contributed by atoms with van der Waals surface area (Å²) in [4.78, 5) is 12.6. The Morgan fingerprint density at radius 1 is 1.04 bits per heavy atom. The molecule has 0 aromatic heterocycles. The summed E-state index contributed by atoms with van der Waals surface area (Å²) in [7, 11) is 0. The van der Waals surface area contributed by atoms with Crippen LogP contribution in [-0.4, -0.2) is 23.9 Å². The SMILES string of the molecule is CCCCCO.CSc1ccccc1-c1ccccc1C(N)=O.[Pd]. The molecule has 0 spiro atoms. The second kappa shape index (κ2) is 13.2. The van der Waals surface area contributed by atoms with Gasteiger partial charge in [-0.3, -0.25) is 4.79 Å². The molecule has 2 aromatic carbocycles. The number of aliphatic hydroxyl groups is 1. The summed E-state index contributed by atoms with van der Waals surface area (Å²) in [6, 6.07) is 15.4. The number of hydrogen-bond acceptors (Lipinski definition) is 3. The number of benzene rings is 2. The van der Waals surface area contributed by atoms with Crippen LogP contribution in [0.5, 0.6) is 0 Å². The maximum absolute atomic E-state index is 11.4. The Morgan fingerprint density at radius 3 is 2.12 bits per heavy atom. The average molecular weight is 438 g/mol. The van der Waals surface area contributed by atoms with E-state index in [1.165, 1.54) is 6.42 Å². The number of hydrogen-bond donors (Lipinski definition) is 2. The normalized spacial score (nSPS) is 9.46. The third kappa shape index (κ3) is 7.19. The van der Waals surface area contributed by atoms with Gasteiger partial charge in [0.25, 0.3) is 0 Å². The molecule has 0 aliphatic heterocycles. The number of rotatable bonds is 6. The summed E-state index contributed by atoms with van der Waals surface area (Å²) in [5, 5.41) is 8.20. The van der Waals surface area contributed by atoms with Gasteiger partial charge in [0.05, 0.1) is 0 Å². The number of aliphatic hydroxyl groups excluding tert-OH is 1. The molecule has 3 N–H and O–H groups in total. The minimum absolute atomic E-state index is 0. The predicted molar refractivity (Wildman–Crippen MR) is 98.8 cm³/mol. The first-order valence-corrected chi connectivity index (χ1v) is 9.01. The summed E-state index contributed by atoms with van der Waals surface area (Å²) in [6.07, 6.45) is 5.35. The molecule has 1 amide bonds. The molecule has 0 aliphatic rings. The van der Waals surface area contributed by atoms with Crippen LogP contribution in [0.15, 0.2) is 53.4 Å². The molecule has 5 heteroatoms. The third-order valence-electron chi connectivity index (χ3n) is 3.35. The van der Waals surface area contributed by atoms with Crippen molar-refractivity contribution in [1.29, 1.82) is 0 Å². The van der Waals surface area contributed by atoms with Crippen molar-refractivity contribution in [2.75, 3.05) is 12.9 Å². The Morgan fingerprint density at radius 2 is 1.62 bits per heavy atom. The summed E-state index contributed by atoms with van der Waals surface area (Å²) in [5.74, 6) is -0.392. The van der Waals surface area contributed by atoms with Gasteiger partial charge in [-0.15, -0.1) is 11.8 Å². The molecular weight excluding hydrogens is 413 g/mol. The molecule has 24 heavy (non-hydrogen) atoms. The molecule has 0 saturated carbocycles. The maximum Gasteiger partial charge on any atom is 0.249 e. The Hall–Kier alpha value is -1.12. The van der Waals surface area contributed by atoms with Crippen molar-refractivity contribution in [2.45, 2.75) is 31.1 Å². The molecule has 134 valence electrons. The summed E-state index contributed by atoms with van der Waals surface area (Å²) < 4.78 is 0. The molecule has 0 fully saturated rings. The predicted octanol–water partition coefficient (Wildman–Crippen LogP) is 4.34. The smallest absolute Gasteiger partial charge is 0.249 e. The fraction of sp³-hybridized carbons (Fsp3) is 0.316. The van der Waals surface area contributed by atoms with E-state index in [0.29, 0.717) is 12.2 Å². The molecule has 2 rings (SSSR count). The molecule has 0 saturated heterocycles. The second-order valence-electron chi connectivity index (χ2n) is 5.04. The van der Waals surface area contributed by atoms with Crippen molar-refractivity contribution in [3.05, 3.63) is 54.1 Å². The van der Waals surface area contributed by atoms with E-state index in [1.807, 2.05) is 48.7 Å². The van der Waals surface area contributed by atoms with Gasteiger partial charge >= 0.3 is 0 Å². The number of thioether (sulfide) groups is 1. The number of unbranched alkanes of at least 4 members (excludes halogenated alkanes) is 2.